The van der Waals surface area contributed by atoms with Gasteiger partial charge < -0.3 is 10.2 Å². The van der Waals surface area contributed by atoms with Gasteiger partial charge in [0.2, 0.25) is 0 Å². The highest BCUT2D eigenvalue weighted by atomic mass is 31.1. The molecule has 8 atom stereocenters. The van der Waals surface area contributed by atoms with Crippen LogP contribution in [0.15, 0.2) is 23.8 Å². The fraction of sp³-hybridized carbons (Fsp3) is 0.727. The molecule has 0 radical (unpaired) electrons. The normalized spacial score (nSPS) is 49.9. The molecule has 0 heterocycles. The lowest BCUT2D eigenvalue weighted by Crippen LogP contribution is -2.69. The molecule has 8 heteroatoms. The van der Waals surface area contributed by atoms with E-state index >= 15 is 4.39 Å². The summed E-state index contributed by atoms with van der Waals surface area (Å²) in [5.74, 6) is -2.06. The van der Waals surface area contributed by atoms with Crippen LogP contribution in [0.4, 0.5) is 4.39 Å². The molecule has 3 saturated carbocycles. The Hall–Kier alpha value is -1.27. The average Bonchev–Trinajstić information content (AvgIpc) is 2.91. The third-order valence-corrected chi connectivity index (χ3v) is 9.28. The molecule has 0 aromatic carbocycles. The van der Waals surface area contributed by atoms with Crippen molar-refractivity contribution in [3.8, 4) is 0 Å². The second-order valence-electron chi connectivity index (χ2n) is 9.88. The fourth-order valence-electron chi connectivity index (χ4n) is 7.55. The lowest BCUT2D eigenvalue weighted by Gasteiger charge is -2.62. The zero-order chi connectivity index (χ0) is 22.1. The minimum absolute atomic E-state index is 0.0685. The van der Waals surface area contributed by atoms with Crippen molar-refractivity contribution in [2.75, 3.05) is 6.61 Å². The number of aliphatic hydroxyl groups excluding tert-OH is 2. The molecular weight excluding hydrogens is 410 g/mol. The van der Waals surface area contributed by atoms with E-state index in [0.717, 1.165) is 0 Å². The Bertz CT molecular complexity index is 872. The number of rotatable bonds is 4. The number of fused-ring (bicyclic) bond motifs is 5. The van der Waals surface area contributed by atoms with Gasteiger partial charge in [-0.2, -0.15) is 0 Å². The van der Waals surface area contributed by atoms with E-state index in [2.05, 4.69) is 0 Å². The third-order valence-electron chi connectivity index (χ3n) is 8.92. The number of carbonyl (C=O) groups excluding carboxylic acids is 2. The van der Waals surface area contributed by atoms with Gasteiger partial charge in [0, 0.05) is 16.7 Å². The molecule has 4 aliphatic carbocycles. The Morgan fingerprint density at radius 1 is 1.37 bits per heavy atom. The zero-order valence-corrected chi connectivity index (χ0v) is 18.3. The van der Waals surface area contributed by atoms with E-state index in [9.17, 15) is 24.4 Å². The second kappa shape index (κ2) is 6.86. The van der Waals surface area contributed by atoms with E-state index in [0.29, 0.717) is 24.8 Å². The molecule has 0 amide bonds. The molecule has 2 N–H and O–H groups in total. The summed E-state index contributed by atoms with van der Waals surface area (Å²) in [5, 5.41) is 20.9. The van der Waals surface area contributed by atoms with Gasteiger partial charge in [-0.05, 0) is 56.6 Å². The van der Waals surface area contributed by atoms with Crippen LogP contribution >= 0.6 is 8.69 Å². The van der Waals surface area contributed by atoms with E-state index in [4.69, 9.17) is 4.52 Å². The summed E-state index contributed by atoms with van der Waals surface area (Å²) in [5.41, 5.74) is -4.99. The first-order valence-electron chi connectivity index (χ1n) is 10.5. The Labute approximate surface area is 176 Å². The minimum atomic E-state index is -2.01. The Morgan fingerprint density at radius 3 is 2.70 bits per heavy atom. The molecule has 164 valence electrons. The Morgan fingerprint density at radius 2 is 2.07 bits per heavy atom. The summed E-state index contributed by atoms with van der Waals surface area (Å²) in [7, 11) is -0.689. The van der Waals surface area contributed by atoms with Crippen molar-refractivity contribution in [2.24, 2.45) is 28.6 Å². The summed E-state index contributed by atoms with van der Waals surface area (Å²) in [6, 6.07) is 0. The highest BCUT2D eigenvalue weighted by Gasteiger charge is 2.76. The van der Waals surface area contributed by atoms with Crippen LogP contribution in [0.25, 0.3) is 0 Å². The monoisotopic (exact) mass is 438 g/mol. The van der Waals surface area contributed by atoms with E-state index in [1.165, 1.54) is 12.2 Å². The van der Waals surface area contributed by atoms with Gasteiger partial charge in [-0.15, -0.1) is 0 Å². The standard InChI is InChI=1S/C22H28FO6P/c1-12-8-16-15-5-4-13-9-14(25)6-7-19(13,2)21(15,23)17(26)10-20(16,3)22(12,29-30-28)18(27)11-24/h6-7,9,12,15-17,24,26H,4-5,8,10-11H2,1-3H3/t12-,15+,16+,17+,19+,20+,21+,22+/m1/s1. The quantitative estimate of drug-likeness (QED) is 0.654. The second-order valence-corrected chi connectivity index (χ2v) is 10.2. The van der Waals surface area contributed by atoms with Gasteiger partial charge in [-0.3, -0.25) is 14.1 Å². The maximum Gasteiger partial charge on any atom is 0.328 e. The van der Waals surface area contributed by atoms with Crippen molar-refractivity contribution < 1.29 is 33.3 Å². The number of Topliss-reactive ketones (excluding diaryl/α,β-unsaturated/α-hetero) is 1. The van der Waals surface area contributed by atoms with Gasteiger partial charge in [0.25, 0.3) is 0 Å². The number of hydrogen-bond acceptors (Lipinski definition) is 6. The van der Waals surface area contributed by atoms with Gasteiger partial charge in [-0.1, -0.05) is 25.5 Å². The van der Waals surface area contributed by atoms with Crippen molar-refractivity contribution in [2.45, 2.75) is 63.8 Å². The predicted molar refractivity (Wildman–Crippen MR) is 106 cm³/mol. The first-order valence-corrected chi connectivity index (χ1v) is 11.2. The molecule has 0 aromatic heterocycles. The van der Waals surface area contributed by atoms with Gasteiger partial charge in [0.05, 0.1) is 6.10 Å². The van der Waals surface area contributed by atoms with Gasteiger partial charge in [-0.25, -0.2) is 8.96 Å². The third kappa shape index (κ3) is 2.35. The predicted octanol–water partition coefficient (Wildman–Crippen LogP) is 3.13. The number of ketones is 2. The van der Waals surface area contributed by atoms with Crippen molar-refractivity contribution in [3.63, 3.8) is 0 Å². The number of halogens is 1. The van der Waals surface area contributed by atoms with Crippen molar-refractivity contribution in [1.82, 2.24) is 0 Å². The highest BCUT2D eigenvalue weighted by Crippen LogP contribution is 2.71. The molecule has 4 aliphatic rings. The molecule has 30 heavy (non-hydrogen) atoms. The van der Waals surface area contributed by atoms with Gasteiger partial charge in [0.15, 0.2) is 22.8 Å². The molecule has 0 unspecified atom stereocenters. The average molecular weight is 438 g/mol. The fourth-order valence-corrected chi connectivity index (χ4v) is 8.15. The lowest BCUT2D eigenvalue weighted by atomic mass is 9.44. The molecule has 3 fully saturated rings. The first kappa shape index (κ1) is 21.9. The summed E-state index contributed by atoms with van der Waals surface area (Å²) in [6.45, 7) is 4.54. The number of aliphatic hydroxyl groups is 2. The van der Waals surface area contributed by atoms with Crippen LogP contribution in [0, 0.1) is 28.6 Å². The molecular formula is C22H28FO6P. The largest absolute Gasteiger partial charge is 0.390 e. The summed E-state index contributed by atoms with van der Waals surface area (Å²) in [4.78, 5) is 24.8. The summed E-state index contributed by atoms with van der Waals surface area (Å²) in [6.07, 6.45) is 4.36. The summed E-state index contributed by atoms with van der Waals surface area (Å²) >= 11 is 0. The van der Waals surface area contributed by atoms with E-state index in [1.807, 2.05) is 0 Å². The van der Waals surface area contributed by atoms with Crippen LogP contribution in [0.2, 0.25) is 0 Å². The van der Waals surface area contributed by atoms with Gasteiger partial charge in [0.1, 0.15) is 6.61 Å². The van der Waals surface area contributed by atoms with Crippen molar-refractivity contribution in [1.29, 1.82) is 0 Å². The lowest BCUT2D eigenvalue weighted by molar-refractivity contribution is -0.214. The van der Waals surface area contributed by atoms with Crippen LogP contribution in [0.5, 0.6) is 0 Å². The number of allylic oxidation sites excluding steroid dienone is 4. The maximum absolute atomic E-state index is 17.0. The summed E-state index contributed by atoms with van der Waals surface area (Å²) < 4.78 is 34.1. The molecule has 0 saturated heterocycles. The molecule has 4 rings (SSSR count). The van der Waals surface area contributed by atoms with Crippen LogP contribution in [-0.4, -0.2) is 45.8 Å². The molecule has 6 nitrogen and oxygen atoms in total. The topological polar surface area (TPSA) is 101 Å². The first-order chi connectivity index (χ1) is 14.0. The minimum Gasteiger partial charge on any atom is -0.390 e. The number of carbonyl (C=O) groups is 2. The molecule has 0 aliphatic heterocycles. The van der Waals surface area contributed by atoms with E-state index in [1.54, 1.807) is 26.8 Å². The van der Waals surface area contributed by atoms with E-state index < -0.39 is 61.1 Å². The van der Waals surface area contributed by atoms with Crippen molar-refractivity contribution >= 4 is 20.3 Å². The number of hydrogen-bond donors (Lipinski definition) is 2. The molecule has 0 aromatic rings. The molecule has 0 bridgehead atoms. The maximum atomic E-state index is 17.0. The van der Waals surface area contributed by atoms with E-state index in [-0.39, 0.29) is 18.1 Å². The number of alkyl halides is 1. The van der Waals surface area contributed by atoms with Crippen LogP contribution in [-0.2, 0) is 18.7 Å². The zero-order valence-electron chi connectivity index (χ0n) is 17.4. The van der Waals surface area contributed by atoms with Crippen LogP contribution in [0.1, 0.15) is 46.5 Å². The van der Waals surface area contributed by atoms with Crippen LogP contribution < -0.4 is 0 Å². The Balaban J connectivity index is 1.86. The smallest absolute Gasteiger partial charge is 0.328 e. The highest BCUT2D eigenvalue weighted by molar-refractivity contribution is 7.17. The van der Waals surface area contributed by atoms with Gasteiger partial charge >= 0.3 is 8.69 Å². The SMILES string of the molecule is C[C@@H]1C[C@H]2[C@@H]3CCC4=CC(=O)C=C[C@]4(C)[C@@]3(F)[C@@H](O)C[C@]2(C)[C@@]1(OP=O)C(=O)CO. The van der Waals surface area contributed by atoms with Crippen molar-refractivity contribution in [3.05, 3.63) is 23.8 Å². The Kier molecular flexibility index (Phi) is 5.02. The van der Waals surface area contributed by atoms with Crippen LogP contribution in [0.3, 0.4) is 0 Å². The molecule has 0 spiro atoms.